The van der Waals surface area contributed by atoms with E-state index in [0.29, 0.717) is 0 Å². The second-order valence-corrected chi connectivity index (χ2v) is 4.51. The Morgan fingerprint density at radius 2 is 1.76 bits per heavy atom. The van der Waals surface area contributed by atoms with Gasteiger partial charge in [-0.25, -0.2) is 0 Å². The highest BCUT2D eigenvalue weighted by atomic mass is 19.4. The summed E-state index contributed by atoms with van der Waals surface area (Å²) in [6.07, 6.45) is -0.441. The van der Waals surface area contributed by atoms with Crippen LogP contribution in [0.5, 0.6) is 0 Å². The molecule has 1 aliphatic rings. The van der Waals surface area contributed by atoms with Crippen LogP contribution < -0.4 is 0 Å². The Hall–Kier alpha value is -1.03. The van der Waals surface area contributed by atoms with E-state index in [1.165, 1.54) is 6.07 Å². The van der Waals surface area contributed by atoms with Crippen molar-refractivity contribution in [3.63, 3.8) is 0 Å². The monoisotopic (exact) mass is 244 g/mol. The molecular weight excluding hydrogens is 229 g/mol. The van der Waals surface area contributed by atoms with Gasteiger partial charge in [0.25, 0.3) is 0 Å². The van der Waals surface area contributed by atoms with Gasteiger partial charge in [-0.3, -0.25) is 0 Å². The molecule has 1 atom stereocenters. The molecule has 0 saturated heterocycles. The van der Waals surface area contributed by atoms with Crippen LogP contribution in [0.4, 0.5) is 13.2 Å². The minimum Gasteiger partial charge on any atom is -0.395 e. The molecule has 1 unspecified atom stereocenters. The average Bonchev–Trinajstić information content (AvgIpc) is 2.28. The van der Waals surface area contributed by atoms with Crippen LogP contribution in [0.3, 0.4) is 0 Å². The molecule has 1 aromatic rings. The zero-order chi connectivity index (χ0) is 12.5. The summed E-state index contributed by atoms with van der Waals surface area (Å²) in [5.41, 5.74) is 2.34. The Labute approximate surface area is 98.3 Å². The summed E-state index contributed by atoms with van der Waals surface area (Å²) in [5, 5.41) is 8.90. The first-order chi connectivity index (χ1) is 8.02. The molecule has 1 aromatic carbocycles. The van der Waals surface area contributed by atoms with Crippen LogP contribution in [-0.4, -0.2) is 17.9 Å². The van der Waals surface area contributed by atoms with Crippen molar-refractivity contribution in [2.75, 3.05) is 6.61 Å². The van der Waals surface area contributed by atoms with E-state index in [2.05, 4.69) is 0 Å². The smallest absolute Gasteiger partial charge is 0.395 e. The van der Waals surface area contributed by atoms with Gasteiger partial charge in [0.15, 0.2) is 0 Å². The maximum atomic E-state index is 12.7. The first-order valence-corrected chi connectivity index (χ1v) is 5.81. The fourth-order valence-corrected chi connectivity index (χ4v) is 2.37. The van der Waals surface area contributed by atoms with Crippen LogP contribution in [0, 0.1) is 0 Å². The molecule has 0 saturated carbocycles. The van der Waals surface area contributed by atoms with Gasteiger partial charge in [0.1, 0.15) is 5.92 Å². The number of hydrogen-bond acceptors (Lipinski definition) is 1. The van der Waals surface area contributed by atoms with Gasteiger partial charge in [0.2, 0.25) is 0 Å². The molecule has 17 heavy (non-hydrogen) atoms. The zero-order valence-corrected chi connectivity index (χ0v) is 9.43. The summed E-state index contributed by atoms with van der Waals surface area (Å²) in [6.45, 7) is -0.887. The normalized spacial score (nSPS) is 17.6. The van der Waals surface area contributed by atoms with Crippen LogP contribution in [-0.2, 0) is 12.8 Å². The second kappa shape index (κ2) is 4.69. The lowest BCUT2D eigenvalue weighted by Crippen LogP contribution is -2.24. The Morgan fingerprint density at radius 3 is 2.35 bits per heavy atom. The van der Waals surface area contributed by atoms with Gasteiger partial charge < -0.3 is 5.11 Å². The highest BCUT2D eigenvalue weighted by Gasteiger charge is 2.40. The van der Waals surface area contributed by atoms with Gasteiger partial charge >= 0.3 is 6.18 Å². The van der Waals surface area contributed by atoms with Crippen molar-refractivity contribution in [3.8, 4) is 0 Å². The number of benzene rings is 1. The molecule has 94 valence electrons. The number of rotatable bonds is 2. The van der Waals surface area contributed by atoms with Crippen molar-refractivity contribution in [2.24, 2.45) is 0 Å². The molecule has 1 N–H and O–H groups in total. The molecule has 0 radical (unpaired) electrons. The number of aryl methyl sites for hydroxylation is 2. The Morgan fingerprint density at radius 1 is 1.12 bits per heavy atom. The maximum Gasteiger partial charge on any atom is 0.397 e. The van der Waals surface area contributed by atoms with E-state index in [-0.39, 0.29) is 5.56 Å². The molecule has 0 amide bonds. The molecule has 0 heterocycles. The van der Waals surface area contributed by atoms with Gasteiger partial charge in [-0.1, -0.05) is 18.2 Å². The number of hydrogen-bond donors (Lipinski definition) is 1. The van der Waals surface area contributed by atoms with E-state index in [9.17, 15) is 13.2 Å². The van der Waals surface area contributed by atoms with Crippen molar-refractivity contribution in [1.29, 1.82) is 0 Å². The largest absolute Gasteiger partial charge is 0.397 e. The third-order valence-electron chi connectivity index (χ3n) is 3.35. The molecule has 4 heteroatoms. The Kier molecular flexibility index (Phi) is 3.43. The molecule has 0 spiro atoms. The van der Waals surface area contributed by atoms with Crippen molar-refractivity contribution in [1.82, 2.24) is 0 Å². The average molecular weight is 244 g/mol. The standard InChI is InChI=1S/C13H15F3O/c14-13(15,16)12(8-17)11-6-5-9-3-1-2-4-10(9)7-11/h5-7,12,17H,1-4,8H2. The number of halogens is 3. The molecule has 0 aliphatic heterocycles. The van der Waals surface area contributed by atoms with Crippen molar-refractivity contribution in [2.45, 2.75) is 37.8 Å². The third-order valence-corrected chi connectivity index (χ3v) is 3.35. The summed E-state index contributed by atoms with van der Waals surface area (Å²) in [7, 11) is 0. The summed E-state index contributed by atoms with van der Waals surface area (Å²) < 4.78 is 38.0. The molecule has 0 fully saturated rings. The third kappa shape index (κ3) is 2.63. The number of alkyl halides is 3. The van der Waals surface area contributed by atoms with Crippen molar-refractivity contribution >= 4 is 0 Å². The minimum atomic E-state index is -4.38. The lowest BCUT2D eigenvalue weighted by Gasteiger charge is -2.22. The first-order valence-electron chi connectivity index (χ1n) is 5.81. The maximum absolute atomic E-state index is 12.7. The predicted octanol–water partition coefficient (Wildman–Crippen LogP) is 3.20. The van der Waals surface area contributed by atoms with Gasteiger partial charge in [0.05, 0.1) is 6.61 Å². The topological polar surface area (TPSA) is 20.2 Å². The van der Waals surface area contributed by atoms with Gasteiger partial charge in [-0.05, 0) is 42.4 Å². The van der Waals surface area contributed by atoms with Gasteiger partial charge in [-0.15, -0.1) is 0 Å². The SMILES string of the molecule is OCC(c1ccc2c(c1)CCCC2)C(F)(F)F. The predicted molar refractivity (Wildman–Crippen MR) is 59.0 cm³/mol. The lowest BCUT2D eigenvalue weighted by atomic mass is 9.87. The van der Waals surface area contributed by atoms with Crippen LogP contribution in [0.15, 0.2) is 18.2 Å². The molecule has 0 aromatic heterocycles. The summed E-state index contributed by atoms with van der Waals surface area (Å²) in [5.74, 6) is -1.75. The van der Waals surface area contributed by atoms with Crippen molar-refractivity contribution in [3.05, 3.63) is 34.9 Å². The highest BCUT2D eigenvalue weighted by Crippen LogP contribution is 2.36. The number of fused-ring (bicyclic) bond motifs is 1. The zero-order valence-electron chi connectivity index (χ0n) is 9.43. The van der Waals surface area contributed by atoms with E-state index >= 15 is 0 Å². The fraction of sp³-hybridized carbons (Fsp3) is 0.538. The molecular formula is C13H15F3O. The van der Waals surface area contributed by atoms with Crippen molar-refractivity contribution < 1.29 is 18.3 Å². The van der Waals surface area contributed by atoms with Gasteiger partial charge in [0, 0.05) is 0 Å². The van der Waals surface area contributed by atoms with E-state index in [4.69, 9.17) is 5.11 Å². The second-order valence-electron chi connectivity index (χ2n) is 4.51. The molecule has 0 bridgehead atoms. The van der Waals surface area contributed by atoms with E-state index in [0.717, 1.165) is 36.8 Å². The van der Waals surface area contributed by atoms with Gasteiger partial charge in [-0.2, -0.15) is 13.2 Å². The van der Waals surface area contributed by atoms with Crippen LogP contribution in [0.25, 0.3) is 0 Å². The van der Waals surface area contributed by atoms with Crippen LogP contribution in [0.2, 0.25) is 0 Å². The van der Waals surface area contributed by atoms with E-state index < -0.39 is 18.7 Å². The molecule has 1 nitrogen and oxygen atoms in total. The highest BCUT2D eigenvalue weighted by molar-refractivity contribution is 5.36. The minimum absolute atomic E-state index is 0.181. The molecule has 2 rings (SSSR count). The quantitative estimate of drug-likeness (QED) is 0.847. The Bertz CT molecular complexity index is 398. The summed E-state index contributed by atoms with van der Waals surface area (Å²) in [6, 6.07) is 4.89. The van der Waals surface area contributed by atoms with Crippen LogP contribution >= 0.6 is 0 Å². The number of aliphatic hydroxyl groups excluding tert-OH is 1. The Balaban J connectivity index is 2.32. The van der Waals surface area contributed by atoms with E-state index in [1.54, 1.807) is 12.1 Å². The lowest BCUT2D eigenvalue weighted by molar-refractivity contribution is -0.158. The molecule has 1 aliphatic carbocycles. The summed E-state index contributed by atoms with van der Waals surface area (Å²) >= 11 is 0. The first kappa shape index (κ1) is 12.4. The van der Waals surface area contributed by atoms with E-state index in [1.807, 2.05) is 0 Å². The summed E-state index contributed by atoms with van der Waals surface area (Å²) in [4.78, 5) is 0. The van der Waals surface area contributed by atoms with Crippen LogP contribution in [0.1, 0.15) is 35.4 Å². The number of aliphatic hydroxyl groups is 1. The fourth-order valence-electron chi connectivity index (χ4n) is 2.37.